The number of imide groups is 1. The predicted molar refractivity (Wildman–Crippen MR) is 97.3 cm³/mol. The van der Waals surface area contributed by atoms with E-state index in [-0.39, 0.29) is 30.3 Å². The van der Waals surface area contributed by atoms with Gasteiger partial charge in [0.2, 0.25) is 5.91 Å². The second-order valence-electron chi connectivity index (χ2n) is 7.31. The first-order valence-corrected chi connectivity index (χ1v) is 8.94. The highest BCUT2D eigenvalue weighted by atomic mass is 16.6. The Morgan fingerprint density at radius 2 is 1.82 bits per heavy atom. The van der Waals surface area contributed by atoms with Gasteiger partial charge in [-0.15, -0.1) is 0 Å². The number of benzene rings is 1. The van der Waals surface area contributed by atoms with Gasteiger partial charge in [0.15, 0.2) is 0 Å². The molecule has 1 aromatic carbocycles. The van der Waals surface area contributed by atoms with Gasteiger partial charge in [-0.2, -0.15) is 0 Å². The number of nitro groups is 1. The lowest BCUT2D eigenvalue weighted by molar-refractivity contribution is -0.384. The smallest absolute Gasteiger partial charge is 0.325 e. The zero-order valence-corrected chi connectivity index (χ0v) is 15.9. The first-order valence-electron chi connectivity index (χ1n) is 8.94. The summed E-state index contributed by atoms with van der Waals surface area (Å²) in [6, 6.07) is 4.71. The van der Waals surface area contributed by atoms with Crippen molar-refractivity contribution >= 4 is 23.5 Å². The lowest BCUT2D eigenvalue weighted by Gasteiger charge is -2.35. The van der Waals surface area contributed by atoms with Gasteiger partial charge in [0.1, 0.15) is 12.1 Å². The third kappa shape index (κ3) is 3.55. The Morgan fingerprint density at radius 3 is 2.36 bits per heavy atom. The molecule has 2 saturated heterocycles. The second kappa shape index (κ2) is 7.19. The van der Waals surface area contributed by atoms with Crippen molar-refractivity contribution in [2.24, 2.45) is 0 Å². The van der Waals surface area contributed by atoms with Crippen LogP contribution in [0.1, 0.15) is 26.3 Å². The molecule has 3 rings (SSSR count). The molecule has 2 aliphatic rings. The highest BCUT2D eigenvalue weighted by Gasteiger charge is 2.50. The van der Waals surface area contributed by atoms with Crippen LogP contribution in [0.2, 0.25) is 0 Å². The maximum atomic E-state index is 12.9. The molecule has 0 spiro atoms. The van der Waals surface area contributed by atoms with Gasteiger partial charge in [-0.1, -0.05) is 0 Å². The summed E-state index contributed by atoms with van der Waals surface area (Å²) in [5, 5.41) is 13.4. The molecule has 2 fully saturated rings. The number of nitro benzene ring substituents is 1. The molecule has 10 nitrogen and oxygen atoms in total. The zero-order valence-electron chi connectivity index (χ0n) is 15.9. The Bertz CT molecular complexity index is 816. The van der Waals surface area contributed by atoms with Crippen molar-refractivity contribution in [3.63, 3.8) is 0 Å². The number of ether oxygens (including phenoxy) is 1. The molecule has 0 saturated carbocycles. The summed E-state index contributed by atoms with van der Waals surface area (Å²) < 4.78 is 5.59. The maximum Gasteiger partial charge on any atom is 0.325 e. The van der Waals surface area contributed by atoms with Crippen LogP contribution < -0.4 is 5.32 Å². The molecule has 3 atom stereocenters. The lowest BCUT2D eigenvalue weighted by atomic mass is 9.92. The summed E-state index contributed by atoms with van der Waals surface area (Å²) in [4.78, 5) is 50.7. The normalized spacial score (nSPS) is 27.7. The number of amides is 4. The molecule has 28 heavy (non-hydrogen) atoms. The van der Waals surface area contributed by atoms with E-state index in [1.165, 1.54) is 31.2 Å². The minimum Gasteiger partial charge on any atom is -0.372 e. The van der Waals surface area contributed by atoms with Crippen LogP contribution >= 0.6 is 0 Å². The van der Waals surface area contributed by atoms with Crippen molar-refractivity contribution in [3.05, 3.63) is 39.9 Å². The topological polar surface area (TPSA) is 122 Å². The molecule has 1 aromatic rings. The van der Waals surface area contributed by atoms with Gasteiger partial charge in [-0.25, -0.2) is 4.79 Å². The SMILES string of the molecule is C[C@@H]1CN(C(=O)CN2C(=O)N[C@](C)(c3ccc([N+](=O)[O-])cc3)C2=O)C[C@@H](C)O1. The van der Waals surface area contributed by atoms with Gasteiger partial charge in [0, 0.05) is 25.2 Å². The van der Waals surface area contributed by atoms with Crippen molar-refractivity contribution in [2.75, 3.05) is 19.6 Å². The number of hydrogen-bond acceptors (Lipinski definition) is 6. The van der Waals surface area contributed by atoms with Crippen LogP contribution in [0, 0.1) is 10.1 Å². The van der Waals surface area contributed by atoms with E-state index in [9.17, 15) is 24.5 Å². The molecular weight excluding hydrogens is 368 g/mol. The fourth-order valence-corrected chi connectivity index (χ4v) is 3.57. The van der Waals surface area contributed by atoms with Crippen LogP contribution in [-0.4, -0.2) is 64.4 Å². The fourth-order valence-electron chi connectivity index (χ4n) is 3.57. The van der Waals surface area contributed by atoms with Crippen LogP contribution in [0.5, 0.6) is 0 Å². The van der Waals surface area contributed by atoms with E-state index in [1.54, 1.807) is 4.90 Å². The Hall–Kier alpha value is -3.01. The van der Waals surface area contributed by atoms with E-state index >= 15 is 0 Å². The van der Waals surface area contributed by atoms with Gasteiger partial charge >= 0.3 is 6.03 Å². The van der Waals surface area contributed by atoms with Gasteiger partial charge in [-0.3, -0.25) is 24.6 Å². The molecule has 0 bridgehead atoms. The van der Waals surface area contributed by atoms with E-state index in [1.807, 2.05) is 13.8 Å². The molecule has 1 N–H and O–H groups in total. The first kappa shape index (κ1) is 19.7. The number of carbonyl (C=O) groups excluding carboxylic acids is 3. The molecular formula is C18H22N4O6. The average Bonchev–Trinajstić information content (AvgIpc) is 2.85. The van der Waals surface area contributed by atoms with E-state index < -0.39 is 22.4 Å². The third-order valence-electron chi connectivity index (χ3n) is 5.00. The number of urea groups is 1. The summed E-state index contributed by atoms with van der Waals surface area (Å²) in [7, 11) is 0. The minimum absolute atomic E-state index is 0.119. The lowest BCUT2D eigenvalue weighted by Crippen LogP contribution is -2.52. The van der Waals surface area contributed by atoms with E-state index in [4.69, 9.17) is 4.74 Å². The van der Waals surface area contributed by atoms with Crippen molar-refractivity contribution in [3.8, 4) is 0 Å². The summed E-state index contributed by atoms with van der Waals surface area (Å²) in [6.45, 7) is 5.65. The molecule has 0 radical (unpaired) electrons. The molecule has 10 heteroatoms. The predicted octanol–water partition coefficient (Wildman–Crippen LogP) is 0.998. The first-order chi connectivity index (χ1) is 13.1. The summed E-state index contributed by atoms with van der Waals surface area (Å²) in [6.07, 6.45) is -0.248. The van der Waals surface area contributed by atoms with Gasteiger partial charge in [0.05, 0.1) is 17.1 Å². The number of non-ortho nitro benzene ring substituents is 1. The van der Waals surface area contributed by atoms with E-state index in [0.717, 1.165) is 4.90 Å². The molecule has 0 aliphatic carbocycles. The zero-order chi connectivity index (χ0) is 20.6. The number of morpholine rings is 1. The third-order valence-corrected chi connectivity index (χ3v) is 5.00. The molecule has 2 aliphatic heterocycles. The van der Waals surface area contributed by atoms with Crippen LogP contribution in [0.25, 0.3) is 0 Å². The van der Waals surface area contributed by atoms with Gasteiger partial charge in [-0.05, 0) is 38.5 Å². The Kier molecular flexibility index (Phi) is 5.07. The van der Waals surface area contributed by atoms with E-state index in [0.29, 0.717) is 18.7 Å². The fraction of sp³-hybridized carbons (Fsp3) is 0.500. The van der Waals surface area contributed by atoms with Crippen LogP contribution in [0.3, 0.4) is 0 Å². The Balaban J connectivity index is 1.75. The average molecular weight is 390 g/mol. The molecule has 0 aromatic heterocycles. The van der Waals surface area contributed by atoms with E-state index in [2.05, 4.69) is 5.32 Å². The summed E-state index contributed by atoms with van der Waals surface area (Å²) >= 11 is 0. The number of hydrogen-bond donors (Lipinski definition) is 1. The largest absolute Gasteiger partial charge is 0.372 e. The molecule has 2 heterocycles. The van der Waals surface area contributed by atoms with Crippen molar-refractivity contribution in [2.45, 2.75) is 38.5 Å². The number of carbonyl (C=O) groups is 3. The molecule has 150 valence electrons. The number of nitrogens with zero attached hydrogens (tertiary/aromatic N) is 3. The maximum absolute atomic E-state index is 12.9. The highest BCUT2D eigenvalue weighted by molar-refractivity contribution is 6.09. The van der Waals surface area contributed by atoms with Crippen LogP contribution in [0.15, 0.2) is 24.3 Å². The monoisotopic (exact) mass is 390 g/mol. The molecule has 0 unspecified atom stereocenters. The minimum atomic E-state index is -1.39. The van der Waals surface area contributed by atoms with Crippen molar-refractivity contribution in [1.82, 2.24) is 15.1 Å². The van der Waals surface area contributed by atoms with Crippen molar-refractivity contribution < 1.29 is 24.0 Å². The van der Waals surface area contributed by atoms with Gasteiger partial charge in [0.25, 0.3) is 11.6 Å². The molecule has 4 amide bonds. The summed E-state index contributed by atoms with van der Waals surface area (Å²) in [5.41, 5.74) is -1.11. The quantitative estimate of drug-likeness (QED) is 0.465. The number of rotatable bonds is 4. The highest BCUT2D eigenvalue weighted by Crippen LogP contribution is 2.30. The van der Waals surface area contributed by atoms with Crippen molar-refractivity contribution in [1.29, 1.82) is 0 Å². The van der Waals surface area contributed by atoms with Crippen LogP contribution in [0.4, 0.5) is 10.5 Å². The van der Waals surface area contributed by atoms with Gasteiger partial charge < -0.3 is 15.0 Å². The number of nitrogens with one attached hydrogen (secondary N) is 1. The Labute approximate surface area is 161 Å². The Morgan fingerprint density at radius 1 is 1.25 bits per heavy atom. The standard InChI is InChI=1S/C18H22N4O6/c1-11-8-20(9-12(2)28-11)15(23)10-21-16(24)18(3,19-17(21)25)13-4-6-14(7-5-13)22(26)27/h4-7,11-12H,8-10H2,1-3H3,(H,19,25)/t11-,12-,18-/m1/s1. The summed E-state index contributed by atoms with van der Waals surface area (Å²) in [5.74, 6) is -0.910. The van der Waals surface area contributed by atoms with Crippen LogP contribution in [-0.2, 0) is 19.9 Å². The second-order valence-corrected chi connectivity index (χ2v) is 7.31.